The molecule has 2 atom stereocenters. The number of carbonyl (C=O) groups excluding carboxylic acids is 1. The summed E-state index contributed by atoms with van der Waals surface area (Å²) in [5.74, 6) is -1.15. The van der Waals surface area contributed by atoms with E-state index in [0.717, 1.165) is 4.90 Å². The summed E-state index contributed by atoms with van der Waals surface area (Å²) in [7, 11) is 0. The van der Waals surface area contributed by atoms with Gasteiger partial charge in [-0.05, 0) is 33.6 Å². The monoisotopic (exact) mass is 216 g/mol. The summed E-state index contributed by atoms with van der Waals surface area (Å²) in [6, 6.07) is -1.09. The van der Waals surface area contributed by atoms with Gasteiger partial charge in [0.25, 0.3) is 0 Å². The molecule has 1 fully saturated rings. The van der Waals surface area contributed by atoms with Gasteiger partial charge in [-0.2, -0.15) is 0 Å². The van der Waals surface area contributed by atoms with Gasteiger partial charge in [-0.1, -0.05) is 0 Å². The lowest BCUT2D eigenvalue weighted by Gasteiger charge is -2.26. The molecule has 1 amide bonds. The Balaban J connectivity index is 2.73. The van der Waals surface area contributed by atoms with Crippen molar-refractivity contribution in [3.63, 3.8) is 0 Å². The van der Waals surface area contributed by atoms with E-state index in [1.807, 2.05) is 0 Å². The van der Waals surface area contributed by atoms with Crippen LogP contribution in [0, 0.1) is 0 Å². The Morgan fingerprint density at radius 3 is 2.60 bits per heavy atom. The molecule has 1 saturated heterocycles. The van der Waals surface area contributed by atoms with Crippen molar-refractivity contribution in [1.29, 1.82) is 0 Å². The molecule has 15 heavy (non-hydrogen) atoms. The zero-order chi connectivity index (χ0) is 12.5. The number of amides is 1. The minimum Gasteiger partial charge on any atom is -0.480 e. The minimum absolute atomic E-state index is 0.264. The normalized spacial score (nSPS) is 27.4. The molecule has 0 unspecified atom stereocenters. The summed E-state index contributed by atoms with van der Waals surface area (Å²) in [5.41, 5.74) is -0.653. The molecular formula is C10H17NO4. The van der Waals surface area contributed by atoms with Crippen molar-refractivity contribution in [2.24, 2.45) is 0 Å². The maximum atomic E-state index is 11.7. The van der Waals surface area contributed by atoms with Gasteiger partial charge in [-0.25, -0.2) is 9.59 Å². The van der Waals surface area contributed by atoms with Crippen molar-refractivity contribution in [1.82, 2.24) is 4.90 Å². The number of nitrogens with zero attached hydrogens (tertiary/aromatic N) is 1. The zero-order valence-corrected chi connectivity index (χ0v) is 9.19. The van der Waals surface area contributed by atoms with Gasteiger partial charge in [0.15, 0.2) is 0 Å². The third-order valence-electron chi connectivity index (χ3n) is 1.98. The smallest absolute Gasteiger partial charge is 0.411 e. The summed E-state index contributed by atoms with van der Waals surface area (Å²) in [6.45, 7) is 5.42. The number of carboxylic acids is 1. The third-order valence-corrected chi connectivity index (χ3v) is 1.98. The van der Waals surface area contributed by atoms with Crippen LogP contribution in [-0.2, 0) is 9.53 Å². The van der Waals surface area contributed by atoms with E-state index in [9.17, 15) is 9.59 Å². The van der Waals surface area contributed by atoms with Crippen LogP contribution in [0.3, 0.4) is 0 Å². The van der Waals surface area contributed by atoms with Crippen molar-refractivity contribution in [3.8, 4) is 0 Å². The van der Waals surface area contributed by atoms with E-state index in [1.54, 1.807) is 20.8 Å². The molecule has 0 radical (unpaired) electrons. The summed E-state index contributed by atoms with van der Waals surface area (Å²) < 4.78 is 12.6. The Hall–Kier alpha value is -1.26. The molecule has 5 nitrogen and oxygen atoms in total. The number of likely N-dealkylation sites (tertiary alicyclic amines) is 1. The topological polar surface area (TPSA) is 66.8 Å². The molecule has 0 aromatic rings. The van der Waals surface area contributed by atoms with Crippen LogP contribution in [0.2, 0.25) is 0 Å². The van der Waals surface area contributed by atoms with Gasteiger partial charge in [0.1, 0.15) is 11.6 Å². The number of hydrogen-bond acceptors (Lipinski definition) is 3. The lowest BCUT2D eigenvalue weighted by Crippen LogP contribution is -2.43. The molecule has 1 aliphatic rings. The van der Waals surface area contributed by atoms with Gasteiger partial charge < -0.3 is 9.84 Å². The SMILES string of the molecule is [2H][C@H]1CCN(C(=O)OC(C)(C)C)[C@@H]1C(=O)O. The summed E-state index contributed by atoms with van der Waals surface area (Å²) in [4.78, 5) is 23.7. The predicted octanol–water partition coefficient (Wildman–Crippen LogP) is 1.47. The second-order valence-electron chi connectivity index (χ2n) is 4.48. The van der Waals surface area contributed by atoms with Crippen molar-refractivity contribution >= 4 is 12.1 Å². The maximum absolute atomic E-state index is 11.7. The van der Waals surface area contributed by atoms with Gasteiger partial charge in [0.05, 0.1) is 0 Å². The number of aliphatic carboxylic acids is 1. The number of rotatable bonds is 1. The highest BCUT2D eigenvalue weighted by atomic mass is 16.6. The highest BCUT2D eigenvalue weighted by Gasteiger charge is 2.36. The first-order chi connectivity index (χ1) is 7.22. The molecule has 0 saturated carbocycles. The van der Waals surface area contributed by atoms with E-state index in [-0.39, 0.29) is 6.54 Å². The van der Waals surface area contributed by atoms with Crippen molar-refractivity contribution in [2.75, 3.05) is 6.54 Å². The highest BCUT2D eigenvalue weighted by Crippen LogP contribution is 2.20. The second-order valence-corrected chi connectivity index (χ2v) is 4.48. The van der Waals surface area contributed by atoms with Crippen molar-refractivity contribution < 1.29 is 20.8 Å². The predicted molar refractivity (Wildman–Crippen MR) is 53.6 cm³/mol. The van der Waals surface area contributed by atoms with Crippen LogP contribution >= 0.6 is 0 Å². The Bertz CT molecular complexity index is 300. The van der Waals surface area contributed by atoms with E-state index < -0.39 is 30.1 Å². The molecule has 0 aromatic carbocycles. The Kier molecular flexibility index (Phi) is 2.79. The molecule has 0 spiro atoms. The molecule has 0 aromatic heterocycles. The highest BCUT2D eigenvalue weighted by molar-refractivity contribution is 5.80. The standard InChI is InChI=1S/C10H17NO4/c1-10(2,3)15-9(14)11-6-4-5-7(11)8(12)13/h7H,4-6H2,1-3H3,(H,12,13)/t7-/m0/s1/i5D/t5-,7-. The molecule has 1 rings (SSSR count). The quantitative estimate of drug-likeness (QED) is 0.720. The molecule has 1 heterocycles. The minimum atomic E-state index is -1.15. The Morgan fingerprint density at radius 1 is 1.53 bits per heavy atom. The average Bonchev–Trinajstić information content (AvgIpc) is 2.43. The largest absolute Gasteiger partial charge is 0.480 e. The number of carboxylic acid groups (broad SMARTS) is 1. The summed E-state index contributed by atoms with van der Waals surface area (Å²) >= 11 is 0. The maximum Gasteiger partial charge on any atom is 0.411 e. The van der Waals surface area contributed by atoms with Gasteiger partial charge in [-0.15, -0.1) is 0 Å². The van der Waals surface area contributed by atoms with E-state index in [2.05, 4.69) is 0 Å². The second kappa shape index (κ2) is 4.08. The first kappa shape index (κ1) is 10.3. The average molecular weight is 216 g/mol. The Morgan fingerprint density at radius 2 is 2.13 bits per heavy atom. The fourth-order valence-electron chi connectivity index (χ4n) is 1.40. The zero-order valence-electron chi connectivity index (χ0n) is 10.2. The van der Waals surface area contributed by atoms with Crippen LogP contribution in [0.15, 0.2) is 0 Å². The van der Waals surface area contributed by atoms with Gasteiger partial charge in [0.2, 0.25) is 0 Å². The van der Waals surface area contributed by atoms with Crippen LogP contribution < -0.4 is 0 Å². The van der Waals surface area contributed by atoms with Crippen molar-refractivity contribution in [2.45, 2.75) is 45.2 Å². The van der Waals surface area contributed by atoms with Crippen LogP contribution in [0.4, 0.5) is 4.79 Å². The fraction of sp³-hybridized carbons (Fsp3) is 0.800. The summed E-state index contributed by atoms with van der Waals surface area (Å²) in [6.07, 6.45) is -1.06. The Labute approximate surface area is 90.4 Å². The van der Waals surface area contributed by atoms with Gasteiger partial charge >= 0.3 is 12.1 Å². The first-order valence-electron chi connectivity index (χ1n) is 5.45. The summed E-state index contributed by atoms with van der Waals surface area (Å²) in [5, 5.41) is 8.93. The van der Waals surface area contributed by atoms with Crippen LogP contribution in [0.5, 0.6) is 0 Å². The lowest BCUT2D eigenvalue weighted by molar-refractivity contribution is -0.142. The first-order valence-corrected chi connectivity index (χ1v) is 4.87. The van der Waals surface area contributed by atoms with E-state index in [1.165, 1.54) is 0 Å². The lowest BCUT2D eigenvalue weighted by atomic mass is 10.2. The van der Waals surface area contributed by atoms with Gasteiger partial charge in [0, 0.05) is 7.92 Å². The molecule has 0 aliphatic carbocycles. The van der Waals surface area contributed by atoms with E-state index >= 15 is 0 Å². The molecular weight excluding hydrogens is 198 g/mol. The fourth-order valence-corrected chi connectivity index (χ4v) is 1.40. The number of carbonyl (C=O) groups is 2. The number of hydrogen-bond donors (Lipinski definition) is 1. The third kappa shape index (κ3) is 3.11. The van der Waals surface area contributed by atoms with Crippen LogP contribution in [-0.4, -0.2) is 40.3 Å². The van der Waals surface area contributed by atoms with Gasteiger partial charge in [-0.3, -0.25) is 4.90 Å². The van der Waals surface area contributed by atoms with E-state index in [4.69, 9.17) is 11.2 Å². The van der Waals surface area contributed by atoms with Crippen molar-refractivity contribution in [3.05, 3.63) is 0 Å². The molecule has 0 bridgehead atoms. The molecule has 5 heteroatoms. The van der Waals surface area contributed by atoms with Crippen LogP contribution in [0.1, 0.15) is 35.0 Å². The molecule has 86 valence electrons. The number of ether oxygens (including phenoxy) is 1. The molecule has 1 aliphatic heterocycles. The van der Waals surface area contributed by atoms with Crippen LogP contribution in [0.25, 0.3) is 0 Å². The molecule has 1 N–H and O–H groups in total. The van der Waals surface area contributed by atoms with E-state index in [0.29, 0.717) is 6.42 Å².